The minimum Gasteiger partial charge on any atom is -0.443 e. The fourth-order valence-electron chi connectivity index (χ4n) is 3.30. The van der Waals surface area contributed by atoms with E-state index in [-0.39, 0.29) is 0 Å². The molecular formula is C28H33N3O4. The Balaban J connectivity index is 2.01. The molecule has 7 heteroatoms. The fourth-order valence-corrected chi connectivity index (χ4v) is 3.30. The summed E-state index contributed by atoms with van der Waals surface area (Å²) in [5.74, 6) is 0. The van der Waals surface area contributed by atoms with Crippen LogP contribution in [0.4, 0.5) is 38.0 Å². The van der Waals surface area contributed by atoms with Crippen LogP contribution in [0.25, 0.3) is 0 Å². The number of rotatable bonds is 4. The Bertz CT molecular complexity index is 1120. The van der Waals surface area contributed by atoms with Crippen molar-refractivity contribution in [2.75, 3.05) is 15.5 Å². The van der Waals surface area contributed by atoms with Crippen molar-refractivity contribution in [3.8, 4) is 0 Å². The number of benzene rings is 3. The lowest BCUT2D eigenvalue weighted by atomic mass is 10.1. The van der Waals surface area contributed by atoms with Gasteiger partial charge in [-0.1, -0.05) is 18.2 Å². The molecule has 3 aromatic carbocycles. The number of imide groups is 1. The molecule has 2 N–H and O–H groups in total. The van der Waals surface area contributed by atoms with Crippen LogP contribution in [-0.2, 0) is 9.47 Å². The number of anilines is 5. The van der Waals surface area contributed by atoms with Crippen LogP contribution in [0.1, 0.15) is 41.5 Å². The van der Waals surface area contributed by atoms with Crippen molar-refractivity contribution in [2.45, 2.75) is 52.7 Å². The molecule has 0 aromatic heterocycles. The number of hydrogen-bond donors (Lipinski definition) is 1. The summed E-state index contributed by atoms with van der Waals surface area (Å²) in [7, 11) is 0. The molecule has 0 unspecified atom stereocenters. The minimum atomic E-state index is -0.807. The first kappa shape index (κ1) is 25.6. The molecule has 2 amide bonds. The van der Waals surface area contributed by atoms with E-state index in [4.69, 9.17) is 15.2 Å². The van der Waals surface area contributed by atoms with Gasteiger partial charge in [-0.3, -0.25) is 0 Å². The summed E-state index contributed by atoms with van der Waals surface area (Å²) in [4.78, 5) is 28.9. The maximum Gasteiger partial charge on any atom is 0.424 e. The van der Waals surface area contributed by atoms with Crippen LogP contribution in [0, 0.1) is 0 Å². The highest BCUT2D eigenvalue weighted by Crippen LogP contribution is 2.36. The standard InChI is InChI=1S/C28H33N3O4/c1-27(2,3)34-25(32)31(26(33)35-28(4,5)6)24-18-16-23(17-19-24)30(21-10-8-7-9-11-21)22-14-12-20(29)13-15-22/h7-19H,29H2,1-6H3. The number of ether oxygens (including phenoxy) is 2. The van der Waals surface area contributed by atoms with Gasteiger partial charge in [0.2, 0.25) is 0 Å². The van der Waals surface area contributed by atoms with E-state index in [0.717, 1.165) is 22.0 Å². The summed E-state index contributed by atoms with van der Waals surface area (Å²) in [6, 6.07) is 24.5. The number of nitrogen functional groups attached to an aromatic ring is 1. The quantitative estimate of drug-likeness (QED) is 0.395. The van der Waals surface area contributed by atoms with Crippen molar-refractivity contribution >= 4 is 40.6 Å². The summed E-state index contributed by atoms with van der Waals surface area (Å²) in [6.45, 7) is 10.5. The van der Waals surface area contributed by atoms with Crippen molar-refractivity contribution in [3.63, 3.8) is 0 Å². The Morgan fingerprint density at radius 2 is 0.971 bits per heavy atom. The van der Waals surface area contributed by atoms with Crippen molar-refractivity contribution in [2.24, 2.45) is 0 Å². The van der Waals surface area contributed by atoms with Crippen LogP contribution in [0.15, 0.2) is 78.9 Å². The number of carbonyl (C=O) groups is 2. The van der Waals surface area contributed by atoms with E-state index in [0.29, 0.717) is 11.4 Å². The van der Waals surface area contributed by atoms with E-state index >= 15 is 0 Å². The number of carbonyl (C=O) groups excluding carboxylic acids is 2. The monoisotopic (exact) mass is 475 g/mol. The van der Waals surface area contributed by atoms with E-state index in [1.54, 1.807) is 53.7 Å². The molecule has 0 fully saturated rings. The number of para-hydroxylation sites is 1. The van der Waals surface area contributed by atoms with E-state index in [2.05, 4.69) is 4.90 Å². The largest absolute Gasteiger partial charge is 0.443 e. The molecule has 7 nitrogen and oxygen atoms in total. The Morgan fingerprint density at radius 3 is 1.40 bits per heavy atom. The van der Waals surface area contributed by atoms with E-state index in [1.165, 1.54) is 0 Å². The van der Waals surface area contributed by atoms with Gasteiger partial charge in [0.25, 0.3) is 0 Å². The molecule has 0 aliphatic heterocycles. The third-order valence-corrected chi connectivity index (χ3v) is 4.68. The normalized spacial score (nSPS) is 11.5. The number of hydrogen-bond acceptors (Lipinski definition) is 6. The first-order valence-electron chi connectivity index (χ1n) is 11.4. The van der Waals surface area contributed by atoms with Gasteiger partial charge < -0.3 is 20.1 Å². The van der Waals surface area contributed by atoms with Gasteiger partial charge in [-0.25, -0.2) is 9.59 Å². The van der Waals surface area contributed by atoms with Crippen LogP contribution in [0.2, 0.25) is 0 Å². The number of amides is 2. The lowest BCUT2D eigenvalue weighted by molar-refractivity contribution is 0.0430. The Kier molecular flexibility index (Phi) is 7.39. The zero-order chi connectivity index (χ0) is 25.8. The van der Waals surface area contributed by atoms with Crippen LogP contribution < -0.4 is 15.5 Å². The Hall–Kier alpha value is -4.00. The molecule has 184 valence electrons. The Morgan fingerprint density at radius 1 is 0.600 bits per heavy atom. The molecule has 0 spiro atoms. The lowest BCUT2D eigenvalue weighted by Crippen LogP contribution is -2.43. The molecule has 0 bridgehead atoms. The smallest absolute Gasteiger partial charge is 0.424 e. The van der Waals surface area contributed by atoms with Crippen LogP contribution in [0.5, 0.6) is 0 Å². The molecule has 0 aliphatic rings. The second kappa shape index (κ2) is 10.1. The van der Waals surface area contributed by atoms with Crippen molar-refractivity contribution in [1.29, 1.82) is 0 Å². The summed E-state index contributed by atoms with van der Waals surface area (Å²) < 4.78 is 11.0. The van der Waals surface area contributed by atoms with Crippen LogP contribution >= 0.6 is 0 Å². The van der Waals surface area contributed by atoms with Gasteiger partial charge in [0.1, 0.15) is 11.2 Å². The summed E-state index contributed by atoms with van der Waals surface area (Å²) in [6.07, 6.45) is -1.61. The molecule has 3 rings (SSSR count). The maximum absolute atomic E-state index is 13.0. The van der Waals surface area contributed by atoms with Gasteiger partial charge in [0.05, 0.1) is 5.69 Å². The van der Waals surface area contributed by atoms with Crippen molar-refractivity contribution in [3.05, 3.63) is 78.9 Å². The maximum atomic E-state index is 13.0. The van der Waals surface area contributed by atoms with E-state index in [1.807, 2.05) is 66.7 Å². The summed E-state index contributed by atoms with van der Waals surface area (Å²) in [5, 5.41) is 0. The van der Waals surface area contributed by atoms with Gasteiger partial charge in [-0.05, 0) is 102 Å². The SMILES string of the molecule is CC(C)(C)OC(=O)N(C(=O)OC(C)(C)C)c1ccc(N(c2ccccc2)c2ccc(N)cc2)cc1. The van der Waals surface area contributed by atoms with Gasteiger partial charge in [0, 0.05) is 22.7 Å². The van der Waals surface area contributed by atoms with Crippen molar-refractivity contribution < 1.29 is 19.1 Å². The highest BCUT2D eigenvalue weighted by molar-refractivity contribution is 6.09. The van der Waals surface area contributed by atoms with Crippen LogP contribution in [-0.4, -0.2) is 23.4 Å². The third kappa shape index (κ3) is 6.99. The molecule has 35 heavy (non-hydrogen) atoms. The Labute approximate surface area is 207 Å². The van der Waals surface area contributed by atoms with Crippen LogP contribution in [0.3, 0.4) is 0 Å². The highest BCUT2D eigenvalue weighted by Gasteiger charge is 2.32. The van der Waals surface area contributed by atoms with E-state index < -0.39 is 23.4 Å². The topological polar surface area (TPSA) is 85.1 Å². The average molecular weight is 476 g/mol. The first-order chi connectivity index (χ1) is 16.3. The summed E-state index contributed by atoms with van der Waals surface area (Å²) in [5.41, 5.74) is 8.02. The minimum absolute atomic E-state index is 0.336. The zero-order valence-corrected chi connectivity index (χ0v) is 21.1. The second-order valence-electron chi connectivity index (χ2n) is 10.1. The number of nitrogens with two attached hydrogens (primary N) is 1. The van der Waals surface area contributed by atoms with Gasteiger partial charge in [-0.2, -0.15) is 4.90 Å². The fraction of sp³-hybridized carbons (Fsp3) is 0.286. The molecule has 0 saturated heterocycles. The van der Waals surface area contributed by atoms with Gasteiger partial charge >= 0.3 is 12.2 Å². The molecule has 0 radical (unpaired) electrons. The molecule has 0 atom stereocenters. The zero-order valence-electron chi connectivity index (χ0n) is 21.1. The molecule has 0 heterocycles. The van der Waals surface area contributed by atoms with Crippen molar-refractivity contribution in [1.82, 2.24) is 0 Å². The third-order valence-electron chi connectivity index (χ3n) is 4.68. The molecule has 0 saturated carbocycles. The number of nitrogens with zero attached hydrogens (tertiary/aromatic N) is 2. The average Bonchev–Trinajstić information content (AvgIpc) is 2.75. The summed E-state index contributed by atoms with van der Waals surface area (Å²) >= 11 is 0. The molecule has 0 aliphatic carbocycles. The second-order valence-corrected chi connectivity index (χ2v) is 10.1. The molecule has 3 aromatic rings. The highest BCUT2D eigenvalue weighted by atomic mass is 16.6. The molecular weight excluding hydrogens is 442 g/mol. The first-order valence-corrected chi connectivity index (χ1v) is 11.4. The van der Waals surface area contributed by atoms with Gasteiger partial charge in [0.15, 0.2) is 0 Å². The predicted octanol–water partition coefficient (Wildman–Crippen LogP) is 7.42. The van der Waals surface area contributed by atoms with Gasteiger partial charge in [-0.15, -0.1) is 0 Å². The lowest BCUT2D eigenvalue weighted by Gasteiger charge is -2.29. The van der Waals surface area contributed by atoms with E-state index in [9.17, 15) is 9.59 Å². The predicted molar refractivity (Wildman–Crippen MR) is 140 cm³/mol.